The van der Waals surface area contributed by atoms with E-state index in [2.05, 4.69) is 6.58 Å². The van der Waals surface area contributed by atoms with Gasteiger partial charge < -0.3 is 5.11 Å². The summed E-state index contributed by atoms with van der Waals surface area (Å²) in [4.78, 5) is 19.5. The van der Waals surface area contributed by atoms with Crippen molar-refractivity contribution in [2.45, 2.75) is 20.3 Å². The molecule has 0 saturated carbocycles. The Labute approximate surface area is 60.4 Å². The second-order valence-electron chi connectivity index (χ2n) is 1.68. The summed E-state index contributed by atoms with van der Waals surface area (Å²) >= 11 is 0. The Kier molecular flexibility index (Phi) is 9.18. The van der Waals surface area contributed by atoms with Crippen molar-refractivity contribution in [1.29, 1.82) is 0 Å². The van der Waals surface area contributed by atoms with E-state index in [4.69, 9.17) is 5.11 Å². The van der Waals surface area contributed by atoms with Crippen LogP contribution in [0, 0.1) is 0 Å². The van der Waals surface area contributed by atoms with Gasteiger partial charge in [0.15, 0.2) is 0 Å². The fourth-order valence-corrected chi connectivity index (χ4v) is 0.213. The van der Waals surface area contributed by atoms with Crippen LogP contribution in [0.3, 0.4) is 0 Å². The summed E-state index contributed by atoms with van der Waals surface area (Å²) in [6, 6.07) is 0. The molecule has 0 fully saturated rings. The molecule has 0 aliphatic carbocycles. The largest absolute Gasteiger partial charge is 0.481 e. The van der Waals surface area contributed by atoms with Crippen LogP contribution in [0.5, 0.6) is 0 Å². The summed E-state index contributed by atoms with van der Waals surface area (Å²) in [6.07, 6.45) is 1.39. The third-order valence-corrected chi connectivity index (χ3v) is 0.400. The van der Waals surface area contributed by atoms with Gasteiger partial charge in [-0.1, -0.05) is 6.08 Å². The minimum Gasteiger partial charge on any atom is -0.481 e. The van der Waals surface area contributed by atoms with Crippen molar-refractivity contribution in [2.75, 3.05) is 0 Å². The van der Waals surface area contributed by atoms with Crippen molar-refractivity contribution < 1.29 is 14.7 Å². The van der Waals surface area contributed by atoms with Crippen LogP contribution in [0.25, 0.3) is 0 Å². The molecule has 1 N–H and O–H groups in total. The number of carbonyl (C=O) groups is 2. The Morgan fingerprint density at radius 3 is 1.90 bits per heavy atom. The first-order chi connectivity index (χ1) is 4.54. The normalized spacial score (nSPS) is 7.00. The van der Waals surface area contributed by atoms with E-state index in [1.807, 2.05) is 6.92 Å². The number of carbonyl (C=O) groups excluding carboxylic acids is 1. The number of Topliss-reactive ketones (excluding diaryl/α,β-unsaturated/α-hetero) is 1. The van der Waals surface area contributed by atoms with E-state index < -0.39 is 5.97 Å². The molecular formula is C7H12O3. The van der Waals surface area contributed by atoms with Crippen molar-refractivity contribution >= 4 is 11.8 Å². The van der Waals surface area contributed by atoms with Crippen LogP contribution in [-0.2, 0) is 9.59 Å². The summed E-state index contributed by atoms with van der Waals surface area (Å²) in [5, 5.41) is 7.86. The van der Waals surface area contributed by atoms with Gasteiger partial charge in [-0.25, -0.2) is 0 Å². The van der Waals surface area contributed by atoms with Crippen LogP contribution in [-0.4, -0.2) is 16.9 Å². The van der Waals surface area contributed by atoms with E-state index >= 15 is 0 Å². The molecule has 0 aromatic carbocycles. The highest BCUT2D eigenvalue weighted by atomic mass is 16.4. The van der Waals surface area contributed by atoms with Gasteiger partial charge in [-0.05, 0) is 13.8 Å². The molecule has 0 saturated heterocycles. The van der Waals surface area contributed by atoms with E-state index in [-0.39, 0.29) is 12.2 Å². The average Bonchev–Trinajstić information content (AvgIpc) is 1.62. The van der Waals surface area contributed by atoms with Crippen molar-refractivity contribution in [2.24, 2.45) is 0 Å². The summed E-state index contributed by atoms with van der Waals surface area (Å²) < 4.78 is 0. The smallest absolute Gasteiger partial charge is 0.310 e. The van der Waals surface area contributed by atoms with Crippen LogP contribution in [0.2, 0.25) is 0 Å². The second kappa shape index (κ2) is 7.88. The number of allylic oxidation sites excluding steroid dienone is 1. The zero-order chi connectivity index (χ0) is 8.57. The van der Waals surface area contributed by atoms with E-state index in [1.165, 1.54) is 6.92 Å². The SMILES string of the molecule is C=CC.CC(=O)CC(=O)O. The standard InChI is InChI=1S/C4H6O3.C3H6/c1-3(5)2-4(6)7;1-3-2/h2H2,1H3,(H,6,7);3H,1H2,2H3. The van der Waals surface area contributed by atoms with Gasteiger partial charge in [-0.15, -0.1) is 6.58 Å². The van der Waals surface area contributed by atoms with Crippen molar-refractivity contribution in [3.8, 4) is 0 Å². The zero-order valence-electron chi connectivity index (χ0n) is 6.26. The van der Waals surface area contributed by atoms with E-state index in [0.717, 1.165) is 0 Å². The van der Waals surface area contributed by atoms with Crippen LogP contribution >= 0.6 is 0 Å². The van der Waals surface area contributed by atoms with E-state index in [9.17, 15) is 9.59 Å². The predicted molar refractivity (Wildman–Crippen MR) is 38.8 cm³/mol. The lowest BCUT2D eigenvalue weighted by molar-refractivity contribution is -0.139. The average molecular weight is 144 g/mol. The van der Waals surface area contributed by atoms with Gasteiger partial charge in [-0.3, -0.25) is 9.59 Å². The Morgan fingerprint density at radius 1 is 1.60 bits per heavy atom. The molecule has 0 bridgehead atoms. The number of ketones is 1. The van der Waals surface area contributed by atoms with Crippen LogP contribution < -0.4 is 0 Å². The minimum atomic E-state index is -1.06. The first kappa shape index (κ1) is 11.6. The quantitative estimate of drug-likeness (QED) is 0.468. The lowest BCUT2D eigenvalue weighted by Crippen LogP contribution is -2.00. The summed E-state index contributed by atoms with van der Waals surface area (Å²) in [5.74, 6) is -1.37. The van der Waals surface area contributed by atoms with Gasteiger partial charge in [0.2, 0.25) is 0 Å². The Morgan fingerprint density at radius 2 is 1.90 bits per heavy atom. The number of hydrogen-bond donors (Lipinski definition) is 1. The maximum absolute atomic E-state index is 9.87. The predicted octanol–water partition coefficient (Wildman–Crippen LogP) is 1.24. The van der Waals surface area contributed by atoms with Crippen LogP contribution in [0.1, 0.15) is 20.3 Å². The molecule has 0 spiro atoms. The third kappa shape index (κ3) is 28.7. The molecule has 10 heavy (non-hydrogen) atoms. The van der Waals surface area contributed by atoms with Crippen LogP contribution in [0.4, 0.5) is 0 Å². The highest BCUT2D eigenvalue weighted by molar-refractivity contribution is 5.93. The number of carboxylic acids is 1. The first-order valence-electron chi connectivity index (χ1n) is 2.82. The highest BCUT2D eigenvalue weighted by Gasteiger charge is 1.98. The zero-order valence-corrected chi connectivity index (χ0v) is 6.26. The van der Waals surface area contributed by atoms with Gasteiger partial charge >= 0.3 is 5.97 Å². The molecule has 0 rings (SSSR count). The molecule has 0 aromatic rings. The first-order valence-corrected chi connectivity index (χ1v) is 2.82. The number of hydrogen-bond acceptors (Lipinski definition) is 2. The summed E-state index contributed by atoms with van der Waals surface area (Å²) in [5.41, 5.74) is 0. The van der Waals surface area contributed by atoms with Crippen molar-refractivity contribution in [1.82, 2.24) is 0 Å². The molecule has 0 heterocycles. The molecule has 3 heteroatoms. The molecule has 0 aromatic heterocycles. The Bertz CT molecular complexity index is 115. The summed E-state index contributed by atoms with van der Waals surface area (Å²) in [6.45, 7) is 6.49. The third-order valence-electron chi connectivity index (χ3n) is 0.400. The molecule has 3 nitrogen and oxygen atoms in total. The fraction of sp³-hybridized carbons (Fsp3) is 0.429. The lowest BCUT2D eigenvalue weighted by atomic mass is 10.3. The van der Waals surface area contributed by atoms with E-state index in [1.54, 1.807) is 6.08 Å². The van der Waals surface area contributed by atoms with E-state index in [0.29, 0.717) is 0 Å². The number of rotatable bonds is 2. The van der Waals surface area contributed by atoms with Crippen molar-refractivity contribution in [3.63, 3.8) is 0 Å². The van der Waals surface area contributed by atoms with Crippen molar-refractivity contribution in [3.05, 3.63) is 12.7 Å². The Balaban J connectivity index is 0. The molecule has 0 atom stereocenters. The Hall–Kier alpha value is -1.12. The number of carboxylic acid groups (broad SMARTS) is 1. The molecule has 0 radical (unpaired) electrons. The maximum Gasteiger partial charge on any atom is 0.310 e. The van der Waals surface area contributed by atoms with Gasteiger partial charge in [0.05, 0.1) is 0 Å². The fourth-order valence-electron chi connectivity index (χ4n) is 0.213. The molecule has 0 aliphatic rings. The molecular weight excluding hydrogens is 132 g/mol. The molecule has 0 aliphatic heterocycles. The van der Waals surface area contributed by atoms with Gasteiger partial charge in [-0.2, -0.15) is 0 Å². The van der Waals surface area contributed by atoms with Gasteiger partial charge in [0, 0.05) is 0 Å². The monoisotopic (exact) mass is 144 g/mol. The minimum absolute atomic E-state index is 0.312. The number of aliphatic carboxylic acids is 1. The molecule has 0 unspecified atom stereocenters. The molecule has 58 valence electrons. The van der Waals surface area contributed by atoms with Gasteiger partial charge in [0.1, 0.15) is 12.2 Å². The highest BCUT2D eigenvalue weighted by Crippen LogP contribution is 1.77. The topological polar surface area (TPSA) is 54.4 Å². The van der Waals surface area contributed by atoms with Gasteiger partial charge in [0.25, 0.3) is 0 Å². The second-order valence-corrected chi connectivity index (χ2v) is 1.68. The summed E-state index contributed by atoms with van der Waals surface area (Å²) in [7, 11) is 0. The molecule has 0 amide bonds. The lowest BCUT2D eigenvalue weighted by Gasteiger charge is -1.80. The van der Waals surface area contributed by atoms with Crippen LogP contribution in [0.15, 0.2) is 12.7 Å². The maximum atomic E-state index is 9.87.